The second kappa shape index (κ2) is 6.99. The third-order valence-electron chi connectivity index (χ3n) is 4.92. The number of nitrogens with zero attached hydrogens (tertiary/aromatic N) is 5. The minimum Gasteiger partial charge on any atom is -0.349 e. The molecule has 0 spiro atoms. The first-order valence-corrected chi connectivity index (χ1v) is 8.41. The molecule has 1 aromatic heterocycles. The topological polar surface area (TPSA) is 67.4 Å². The van der Waals surface area contributed by atoms with E-state index in [1.807, 2.05) is 11.8 Å². The summed E-state index contributed by atoms with van der Waals surface area (Å²) in [5.74, 6) is -0.659. The van der Waals surface area contributed by atoms with E-state index in [2.05, 4.69) is 10.00 Å². The Bertz CT molecular complexity index is 831. The summed E-state index contributed by atoms with van der Waals surface area (Å²) in [7, 11) is 1.69. The smallest absolute Gasteiger partial charge is 0.333 e. The van der Waals surface area contributed by atoms with Gasteiger partial charge in [0.2, 0.25) is 5.82 Å². The monoisotopic (exact) mass is 365 g/mol. The fourth-order valence-electron chi connectivity index (χ4n) is 3.56. The number of anilines is 1. The quantitative estimate of drug-likeness (QED) is 0.616. The van der Waals surface area contributed by atoms with Crippen LogP contribution >= 0.6 is 0 Å². The second-order valence-corrected chi connectivity index (χ2v) is 6.50. The summed E-state index contributed by atoms with van der Waals surface area (Å²) in [4.78, 5) is 15.0. The average Bonchev–Trinajstić information content (AvgIpc) is 2.88. The normalized spacial score (nSPS) is 16.7. The van der Waals surface area contributed by atoms with Crippen molar-refractivity contribution in [2.24, 2.45) is 7.05 Å². The van der Waals surface area contributed by atoms with Crippen molar-refractivity contribution < 1.29 is 13.7 Å². The summed E-state index contributed by atoms with van der Waals surface area (Å²) in [5.41, 5.74) is 0.859. The van der Waals surface area contributed by atoms with Crippen molar-refractivity contribution in [3.63, 3.8) is 0 Å². The number of halogens is 2. The molecule has 1 unspecified atom stereocenters. The molecule has 1 aromatic carbocycles. The zero-order valence-corrected chi connectivity index (χ0v) is 14.9. The SMILES string of the molecule is Cc1nn(C)c(N2CCN(C(C)c3ccc(F)cc3F)CC2)c1[N+](=O)[O-]. The first kappa shape index (κ1) is 18.2. The lowest BCUT2D eigenvalue weighted by Crippen LogP contribution is -2.48. The third-order valence-corrected chi connectivity index (χ3v) is 4.92. The molecular weight excluding hydrogens is 344 g/mol. The fraction of sp³-hybridized carbons (Fsp3) is 0.471. The van der Waals surface area contributed by atoms with Crippen LogP contribution in [0.25, 0.3) is 0 Å². The Kier molecular flexibility index (Phi) is 4.90. The number of hydrogen-bond acceptors (Lipinski definition) is 5. The van der Waals surface area contributed by atoms with Crippen molar-refractivity contribution in [1.29, 1.82) is 0 Å². The van der Waals surface area contributed by atoms with Gasteiger partial charge >= 0.3 is 5.69 Å². The van der Waals surface area contributed by atoms with Crippen molar-refractivity contribution in [2.75, 3.05) is 31.1 Å². The van der Waals surface area contributed by atoms with Gasteiger partial charge in [-0.25, -0.2) is 13.5 Å². The van der Waals surface area contributed by atoms with Crippen LogP contribution in [-0.4, -0.2) is 45.8 Å². The maximum absolute atomic E-state index is 14.0. The number of rotatable bonds is 4. The third kappa shape index (κ3) is 3.26. The van der Waals surface area contributed by atoms with Gasteiger partial charge in [0, 0.05) is 50.9 Å². The van der Waals surface area contributed by atoms with Crippen molar-refractivity contribution in [1.82, 2.24) is 14.7 Å². The highest BCUT2D eigenvalue weighted by Crippen LogP contribution is 2.32. The molecule has 0 bridgehead atoms. The number of benzene rings is 1. The Labute approximate surface area is 150 Å². The van der Waals surface area contributed by atoms with E-state index < -0.39 is 16.6 Å². The van der Waals surface area contributed by atoms with Crippen LogP contribution < -0.4 is 4.90 Å². The van der Waals surface area contributed by atoms with Crippen molar-refractivity contribution in [3.8, 4) is 0 Å². The zero-order valence-electron chi connectivity index (χ0n) is 14.9. The molecule has 0 saturated carbocycles. The van der Waals surface area contributed by atoms with Crippen LogP contribution in [0.1, 0.15) is 24.2 Å². The maximum Gasteiger partial charge on any atom is 0.333 e. The minimum atomic E-state index is -0.595. The number of piperazine rings is 1. The summed E-state index contributed by atoms with van der Waals surface area (Å²) < 4.78 is 28.7. The summed E-state index contributed by atoms with van der Waals surface area (Å²) in [6.07, 6.45) is 0. The van der Waals surface area contributed by atoms with E-state index in [-0.39, 0.29) is 11.7 Å². The fourth-order valence-corrected chi connectivity index (χ4v) is 3.56. The van der Waals surface area contributed by atoms with Gasteiger partial charge in [-0.15, -0.1) is 0 Å². The Morgan fingerprint density at radius 3 is 2.46 bits per heavy atom. The van der Waals surface area contributed by atoms with Gasteiger partial charge in [0.15, 0.2) is 0 Å². The van der Waals surface area contributed by atoms with Gasteiger partial charge in [0.25, 0.3) is 0 Å². The van der Waals surface area contributed by atoms with Crippen LogP contribution in [0.4, 0.5) is 20.3 Å². The Morgan fingerprint density at radius 2 is 1.88 bits per heavy atom. The van der Waals surface area contributed by atoms with Crippen molar-refractivity contribution in [2.45, 2.75) is 19.9 Å². The van der Waals surface area contributed by atoms with Gasteiger partial charge in [-0.1, -0.05) is 6.07 Å². The summed E-state index contributed by atoms with van der Waals surface area (Å²) in [6.45, 7) is 5.85. The van der Waals surface area contributed by atoms with Crippen LogP contribution in [0.5, 0.6) is 0 Å². The van der Waals surface area contributed by atoms with E-state index in [0.717, 1.165) is 6.07 Å². The predicted molar refractivity (Wildman–Crippen MR) is 93.2 cm³/mol. The lowest BCUT2D eigenvalue weighted by atomic mass is 10.1. The summed E-state index contributed by atoms with van der Waals surface area (Å²) in [5, 5.41) is 15.5. The molecule has 1 aliphatic heterocycles. The van der Waals surface area contributed by atoms with Crippen LogP contribution in [0.3, 0.4) is 0 Å². The molecule has 140 valence electrons. The van der Waals surface area contributed by atoms with E-state index in [9.17, 15) is 18.9 Å². The summed E-state index contributed by atoms with van der Waals surface area (Å²) >= 11 is 0. The highest BCUT2D eigenvalue weighted by molar-refractivity contribution is 5.61. The molecule has 7 nitrogen and oxygen atoms in total. The van der Waals surface area contributed by atoms with E-state index in [4.69, 9.17) is 0 Å². The second-order valence-electron chi connectivity index (χ2n) is 6.50. The number of nitro groups is 1. The largest absolute Gasteiger partial charge is 0.349 e. The van der Waals surface area contributed by atoms with Gasteiger partial charge in [-0.2, -0.15) is 5.10 Å². The molecule has 1 atom stereocenters. The highest BCUT2D eigenvalue weighted by Gasteiger charge is 2.31. The standard InChI is InChI=1S/C17H21F2N5O2/c1-11-16(24(25)26)17(21(3)20-11)23-8-6-22(7-9-23)12(2)14-5-4-13(18)10-15(14)19/h4-5,10,12H,6-9H2,1-3H3. The Hall–Kier alpha value is -2.55. The van der Waals surface area contributed by atoms with Crippen LogP contribution in [0.15, 0.2) is 18.2 Å². The van der Waals surface area contributed by atoms with Crippen molar-refractivity contribution >= 4 is 11.5 Å². The first-order chi connectivity index (χ1) is 12.3. The van der Waals surface area contributed by atoms with E-state index in [0.29, 0.717) is 43.3 Å². The van der Waals surface area contributed by atoms with Crippen molar-refractivity contribution in [3.05, 3.63) is 51.2 Å². The Morgan fingerprint density at radius 1 is 1.23 bits per heavy atom. The molecule has 1 saturated heterocycles. The molecule has 2 heterocycles. The van der Waals surface area contributed by atoms with Gasteiger partial charge in [0.1, 0.15) is 17.3 Å². The van der Waals surface area contributed by atoms with E-state index >= 15 is 0 Å². The molecule has 2 aromatic rings. The Balaban J connectivity index is 1.75. The molecular formula is C17H21F2N5O2. The predicted octanol–water partition coefficient (Wildman–Crippen LogP) is 2.80. The van der Waals surface area contributed by atoms with Gasteiger partial charge in [-0.3, -0.25) is 15.0 Å². The molecule has 9 heteroatoms. The summed E-state index contributed by atoms with van der Waals surface area (Å²) in [6, 6.07) is 3.41. The molecule has 26 heavy (non-hydrogen) atoms. The molecule has 0 N–H and O–H groups in total. The van der Waals surface area contributed by atoms with Gasteiger partial charge in [-0.05, 0) is 19.9 Å². The highest BCUT2D eigenvalue weighted by atomic mass is 19.1. The molecule has 1 aliphatic rings. The number of hydrogen-bond donors (Lipinski definition) is 0. The molecule has 0 radical (unpaired) electrons. The van der Waals surface area contributed by atoms with Gasteiger partial charge < -0.3 is 4.90 Å². The molecule has 0 aliphatic carbocycles. The van der Waals surface area contributed by atoms with Gasteiger partial charge in [0.05, 0.1) is 4.92 Å². The lowest BCUT2D eigenvalue weighted by molar-refractivity contribution is -0.384. The maximum atomic E-state index is 14.0. The zero-order chi connectivity index (χ0) is 19.0. The molecule has 3 rings (SSSR count). The van der Waals surface area contributed by atoms with Crippen LogP contribution in [0, 0.1) is 28.7 Å². The lowest BCUT2D eigenvalue weighted by Gasteiger charge is -2.38. The van der Waals surface area contributed by atoms with Crippen LogP contribution in [0.2, 0.25) is 0 Å². The molecule has 0 amide bonds. The number of aromatic nitrogens is 2. The minimum absolute atomic E-state index is 0.0265. The average molecular weight is 365 g/mol. The molecule has 1 fully saturated rings. The van der Waals surface area contributed by atoms with Crippen LogP contribution in [-0.2, 0) is 7.05 Å². The first-order valence-electron chi connectivity index (χ1n) is 8.41. The van der Waals surface area contributed by atoms with E-state index in [1.165, 1.54) is 16.8 Å². The van der Waals surface area contributed by atoms with E-state index in [1.54, 1.807) is 14.0 Å². The number of aryl methyl sites for hydroxylation is 2.